The van der Waals surface area contributed by atoms with E-state index in [0.29, 0.717) is 12.6 Å². The zero-order valence-electron chi connectivity index (χ0n) is 21.0. The summed E-state index contributed by atoms with van der Waals surface area (Å²) in [5.74, 6) is 0.898. The van der Waals surface area contributed by atoms with Crippen molar-refractivity contribution in [2.24, 2.45) is 5.10 Å². The third kappa shape index (κ3) is 6.06. The second-order valence-electron chi connectivity index (χ2n) is 9.85. The van der Waals surface area contributed by atoms with Crippen molar-refractivity contribution >= 4 is 29.6 Å². The Bertz CT molecular complexity index is 1210. The molecule has 1 atom stereocenters. The molecule has 0 aliphatic carbocycles. The zero-order valence-corrected chi connectivity index (χ0v) is 22.6. The van der Waals surface area contributed by atoms with Crippen molar-refractivity contribution in [2.75, 3.05) is 53.4 Å². The van der Waals surface area contributed by atoms with Gasteiger partial charge in [-0.3, -0.25) is 5.01 Å². The van der Waals surface area contributed by atoms with E-state index in [2.05, 4.69) is 61.6 Å². The Morgan fingerprint density at radius 3 is 2.67 bits per heavy atom. The highest BCUT2D eigenvalue weighted by atomic mass is 35.5. The summed E-state index contributed by atoms with van der Waals surface area (Å²) in [6.45, 7) is 5.62. The Hall–Kier alpha value is -2.51. The molecule has 5 rings (SSSR count). The van der Waals surface area contributed by atoms with Gasteiger partial charge >= 0.3 is 0 Å². The molecule has 3 aromatic rings. The summed E-state index contributed by atoms with van der Waals surface area (Å²) >= 11 is 8.35. The standard InChI is InChI=1S/C29H33ClN4OS/c1-32(2)17-18-35-27-9-5-3-8-23(27)21-31-34-15-13-33(14-16-34)26-19-22-7-4-6-10-28(22)36-29-12-11-24(30)20-25(26)29/h3-12,20-21,26H,13-19H2,1-2H3/p+2/b31-21+/t26-/m0/s1. The minimum Gasteiger partial charge on any atom is -0.487 e. The van der Waals surface area contributed by atoms with Crippen molar-refractivity contribution in [3.63, 3.8) is 0 Å². The van der Waals surface area contributed by atoms with Crippen molar-refractivity contribution < 1.29 is 14.5 Å². The van der Waals surface area contributed by atoms with Gasteiger partial charge in [0.05, 0.1) is 46.5 Å². The molecular formula is C29H35ClN4OS+2. The minimum atomic E-state index is 0.397. The minimum absolute atomic E-state index is 0.397. The summed E-state index contributed by atoms with van der Waals surface area (Å²) in [7, 11) is 4.27. The number of fused-ring (bicyclic) bond motifs is 2. The fourth-order valence-corrected chi connectivity index (χ4v) is 6.24. The number of piperazine rings is 1. The van der Waals surface area contributed by atoms with Crippen LogP contribution in [0.3, 0.4) is 0 Å². The molecule has 5 nitrogen and oxygen atoms in total. The number of para-hydroxylation sites is 1. The average Bonchev–Trinajstić information content (AvgIpc) is 3.05. The van der Waals surface area contributed by atoms with E-state index in [9.17, 15) is 0 Å². The molecule has 2 N–H and O–H groups in total. The molecule has 1 fully saturated rings. The number of rotatable bonds is 7. The molecule has 0 amide bonds. The number of nitrogens with zero attached hydrogens (tertiary/aromatic N) is 2. The van der Waals surface area contributed by atoms with E-state index in [1.165, 1.54) is 25.8 Å². The third-order valence-corrected chi connectivity index (χ3v) is 8.42. The zero-order chi connectivity index (χ0) is 24.9. The van der Waals surface area contributed by atoms with Crippen LogP contribution in [-0.4, -0.2) is 64.6 Å². The second-order valence-corrected chi connectivity index (χ2v) is 11.4. The number of hydrogen-bond donors (Lipinski definition) is 2. The lowest BCUT2D eigenvalue weighted by Gasteiger charge is -2.35. The van der Waals surface area contributed by atoms with Crippen molar-refractivity contribution in [2.45, 2.75) is 22.3 Å². The maximum absolute atomic E-state index is 6.47. The van der Waals surface area contributed by atoms with Gasteiger partial charge in [-0.15, -0.1) is 0 Å². The Morgan fingerprint density at radius 2 is 1.83 bits per heavy atom. The van der Waals surface area contributed by atoms with Crippen molar-refractivity contribution in [3.8, 4) is 5.75 Å². The summed E-state index contributed by atoms with van der Waals surface area (Å²) in [5.41, 5.74) is 3.84. The molecule has 36 heavy (non-hydrogen) atoms. The predicted octanol–water partition coefficient (Wildman–Crippen LogP) is 2.85. The molecular weight excluding hydrogens is 488 g/mol. The van der Waals surface area contributed by atoms with E-state index in [1.54, 1.807) is 4.90 Å². The van der Waals surface area contributed by atoms with Crippen LogP contribution in [0, 0.1) is 0 Å². The lowest BCUT2D eigenvalue weighted by atomic mass is 9.97. The summed E-state index contributed by atoms with van der Waals surface area (Å²) in [4.78, 5) is 5.67. The average molecular weight is 523 g/mol. The monoisotopic (exact) mass is 522 g/mol. The predicted molar refractivity (Wildman–Crippen MR) is 148 cm³/mol. The maximum atomic E-state index is 6.47. The highest BCUT2D eigenvalue weighted by molar-refractivity contribution is 7.99. The van der Waals surface area contributed by atoms with Gasteiger partial charge in [0.25, 0.3) is 0 Å². The quantitative estimate of drug-likeness (QED) is 0.468. The first kappa shape index (κ1) is 25.2. The number of halogens is 1. The van der Waals surface area contributed by atoms with Crippen LogP contribution in [0.1, 0.15) is 22.7 Å². The van der Waals surface area contributed by atoms with E-state index >= 15 is 0 Å². The second kappa shape index (κ2) is 11.7. The maximum Gasteiger partial charge on any atom is 0.137 e. The van der Waals surface area contributed by atoms with E-state index in [1.807, 2.05) is 42.2 Å². The molecule has 0 bridgehead atoms. The molecule has 2 aliphatic heterocycles. The van der Waals surface area contributed by atoms with E-state index in [4.69, 9.17) is 21.4 Å². The Labute approximate surface area is 223 Å². The SMILES string of the molecule is C[NH+](C)CCOc1ccccc1/C=N/N1CC[NH+]([C@H]2Cc3ccccc3Sc3ccc(Cl)cc32)CC1. The fraction of sp³-hybridized carbons (Fsp3) is 0.345. The topological polar surface area (TPSA) is 33.7 Å². The molecule has 7 heteroatoms. The van der Waals surface area contributed by atoms with E-state index in [-0.39, 0.29) is 0 Å². The van der Waals surface area contributed by atoms with Gasteiger partial charge in [-0.25, -0.2) is 0 Å². The van der Waals surface area contributed by atoms with Crippen LogP contribution in [0.2, 0.25) is 5.02 Å². The van der Waals surface area contributed by atoms with Gasteiger partial charge in [-0.05, 0) is 42.0 Å². The van der Waals surface area contributed by atoms with Crippen molar-refractivity contribution in [3.05, 3.63) is 88.4 Å². The molecule has 2 aliphatic rings. The van der Waals surface area contributed by atoms with Crippen LogP contribution in [0.15, 0.2) is 81.6 Å². The van der Waals surface area contributed by atoms with Gasteiger partial charge in [-0.2, -0.15) is 5.10 Å². The smallest absolute Gasteiger partial charge is 0.137 e. The number of hydrogen-bond acceptors (Lipinski definition) is 4. The first-order valence-electron chi connectivity index (χ1n) is 12.8. The largest absolute Gasteiger partial charge is 0.487 e. The van der Waals surface area contributed by atoms with Gasteiger partial charge in [0.1, 0.15) is 24.9 Å². The molecule has 0 radical (unpaired) electrons. The number of benzene rings is 3. The molecule has 0 aromatic heterocycles. The Morgan fingerprint density at radius 1 is 1.06 bits per heavy atom. The van der Waals surface area contributed by atoms with Crippen molar-refractivity contribution in [1.82, 2.24) is 5.01 Å². The van der Waals surface area contributed by atoms with Gasteiger partial charge in [-0.1, -0.05) is 53.7 Å². The summed E-state index contributed by atoms with van der Waals surface area (Å²) in [6.07, 6.45) is 2.99. The van der Waals surface area contributed by atoms with Gasteiger partial charge in [0.2, 0.25) is 0 Å². The summed E-state index contributed by atoms with van der Waals surface area (Å²) < 4.78 is 6.02. The van der Waals surface area contributed by atoms with E-state index in [0.717, 1.165) is 55.5 Å². The van der Waals surface area contributed by atoms with Gasteiger partial charge < -0.3 is 14.5 Å². The fourth-order valence-electron chi connectivity index (χ4n) is 4.94. The number of hydrazone groups is 1. The Balaban J connectivity index is 1.27. The highest BCUT2D eigenvalue weighted by Gasteiger charge is 2.33. The van der Waals surface area contributed by atoms with Crippen LogP contribution >= 0.6 is 23.4 Å². The molecule has 0 spiro atoms. The Kier molecular flexibility index (Phi) is 8.17. The van der Waals surface area contributed by atoms with Crippen LogP contribution in [0.4, 0.5) is 0 Å². The third-order valence-electron chi connectivity index (χ3n) is 6.98. The van der Waals surface area contributed by atoms with Gasteiger partial charge in [0, 0.05) is 32.4 Å². The number of likely N-dealkylation sites (N-methyl/N-ethyl adjacent to an activating group) is 1. The molecule has 3 aromatic carbocycles. The van der Waals surface area contributed by atoms with Crippen LogP contribution in [-0.2, 0) is 6.42 Å². The molecule has 0 unspecified atom stereocenters. The highest BCUT2D eigenvalue weighted by Crippen LogP contribution is 2.40. The normalized spacial score (nSPS) is 18.2. The van der Waals surface area contributed by atoms with Crippen LogP contribution in [0.25, 0.3) is 0 Å². The number of quaternary nitrogens is 2. The van der Waals surface area contributed by atoms with Crippen LogP contribution < -0.4 is 14.5 Å². The number of ether oxygens (including phenoxy) is 1. The molecule has 1 saturated heterocycles. The lowest BCUT2D eigenvalue weighted by molar-refractivity contribution is -0.936. The summed E-state index contributed by atoms with van der Waals surface area (Å²) in [5, 5.41) is 7.85. The number of nitrogens with one attached hydrogen (secondary N) is 2. The molecule has 2 heterocycles. The van der Waals surface area contributed by atoms with Gasteiger partial charge in [0.15, 0.2) is 0 Å². The molecule has 188 valence electrons. The van der Waals surface area contributed by atoms with Crippen LogP contribution in [0.5, 0.6) is 5.75 Å². The van der Waals surface area contributed by atoms with Crippen molar-refractivity contribution in [1.29, 1.82) is 0 Å². The summed E-state index contributed by atoms with van der Waals surface area (Å²) in [6, 6.07) is 23.8. The molecule has 0 saturated carbocycles. The van der Waals surface area contributed by atoms with E-state index < -0.39 is 0 Å². The first-order valence-corrected chi connectivity index (χ1v) is 14.0. The first-order chi connectivity index (χ1) is 17.6. The lowest BCUT2D eigenvalue weighted by Crippen LogP contribution is -3.15.